The van der Waals surface area contributed by atoms with Crippen molar-refractivity contribution in [1.82, 2.24) is 9.97 Å². The number of methoxy groups -OCH3 is 1. The molecule has 0 aliphatic heterocycles. The number of fused-ring (bicyclic) bond motifs is 1. The highest BCUT2D eigenvalue weighted by molar-refractivity contribution is 5.89. The van der Waals surface area contributed by atoms with Crippen LogP contribution in [0, 0.1) is 5.92 Å². The van der Waals surface area contributed by atoms with Crippen LogP contribution in [-0.4, -0.2) is 23.4 Å². The number of nitrogens with one attached hydrogen (secondary N) is 1. The number of aryl methyl sites for hydroxylation is 1. The van der Waals surface area contributed by atoms with Crippen molar-refractivity contribution in [3.05, 3.63) is 23.5 Å². The molecular weight excluding hydrogens is 228 g/mol. The molecular formula is C14H18N2O2. The molecule has 1 heterocycles. The molecule has 4 nitrogen and oxygen atoms in total. The monoisotopic (exact) mass is 246 g/mol. The van der Waals surface area contributed by atoms with Crippen molar-refractivity contribution < 1.29 is 9.53 Å². The number of H-pyrrole nitrogens is 1. The first-order valence-corrected chi connectivity index (χ1v) is 6.16. The normalized spacial score (nSPS) is 11.1. The van der Waals surface area contributed by atoms with E-state index < -0.39 is 0 Å². The molecule has 0 aliphatic rings. The molecule has 1 N–H and O–H groups in total. The van der Waals surface area contributed by atoms with Gasteiger partial charge in [0.1, 0.15) is 23.4 Å². The van der Waals surface area contributed by atoms with Crippen LogP contribution in [-0.2, 0) is 6.42 Å². The fourth-order valence-corrected chi connectivity index (χ4v) is 1.93. The van der Waals surface area contributed by atoms with E-state index in [1.165, 1.54) is 0 Å². The van der Waals surface area contributed by atoms with E-state index in [2.05, 4.69) is 23.8 Å². The number of aromatic nitrogens is 2. The van der Waals surface area contributed by atoms with Crippen LogP contribution >= 0.6 is 0 Å². The van der Waals surface area contributed by atoms with Crippen molar-refractivity contribution in [2.24, 2.45) is 5.92 Å². The van der Waals surface area contributed by atoms with Gasteiger partial charge in [0.15, 0.2) is 0 Å². The molecule has 0 atom stereocenters. The van der Waals surface area contributed by atoms with Gasteiger partial charge in [0, 0.05) is 12.0 Å². The second-order valence-corrected chi connectivity index (χ2v) is 4.85. The summed E-state index contributed by atoms with van der Waals surface area (Å²) in [6, 6.07) is 3.51. The molecule has 0 aliphatic carbocycles. The van der Waals surface area contributed by atoms with Gasteiger partial charge in [0.25, 0.3) is 0 Å². The number of hydrogen-bond acceptors (Lipinski definition) is 3. The summed E-state index contributed by atoms with van der Waals surface area (Å²) >= 11 is 0. The van der Waals surface area contributed by atoms with Crippen molar-refractivity contribution in [2.45, 2.75) is 26.7 Å². The predicted octanol–water partition coefficient (Wildman–Crippen LogP) is 2.97. The molecule has 18 heavy (non-hydrogen) atoms. The molecule has 0 spiro atoms. The summed E-state index contributed by atoms with van der Waals surface area (Å²) in [6.07, 6.45) is 2.81. The average molecular weight is 246 g/mol. The number of hydrogen-bond donors (Lipinski definition) is 1. The predicted molar refractivity (Wildman–Crippen MR) is 71.2 cm³/mol. The van der Waals surface area contributed by atoms with E-state index >= 15 is 0 Å². The Morgan fingerprint density at radius 1 is 1.44 bits per heavy atom. The van der Waals surface area contributed by atoms with Crippen molar-refractivity contribution >= 4 is 17.3 Å². The van der Waals surface area contributed by atoms with Crippen LogP contribution in [0.2, 0.25) is 0 Å². The molecule has 1 aromatic carbocycles. The number of ether oxygens (including phenoxy) is 1. The van der Waals surface area contributed by atoms with Crippen LogP contribution < -0.4 is 4.74 Å². The lowest BCUT2D eigenvalue weighted by Crippen LogP contribution is -1.93. The number of aldehydes is 1. The highest BCUT2D eigenvalue weighted by Crippen LogP contribution is 2.25. The third-order valence-electron chi connectivity index (χ3n) is 2.94. The molecule has 0 amide bonds. The van der Waals surface area contributed by atoms with E-state index in [0.717, 1.165) is 36.0 Å². The Bertz CT molecular complexity index is 558. The fraction of sp³-hybridized carbons (Fsp3) is 0.429. The van der Waals surface area contributed by atoms with E-state index in [9.17, 15) is 4.79 Å². The number of aromatic amines is 1. The Labute approximate surface area is 106 Å². The summed E-state index contributed by atoms with van der Waals surface area (Å²) in [5.74, 6) is 2.23. The van der Waals surface area contributed by atoms with Crippen LogP contribution in [0.4, 0.5) is 0 Å². The highest BCUT2D eigenvalue weighted by atomic mass is 16.5. The smallest absolute Gasteiger partial charge is 0.150 e. The summed E-state index contributed by atoms with van der Waals surface area (Å²) in [5, 5.41) is 0. The molecule has 0 saturated heterocycles. The molecule has 4 heteroatoms. The maximum absolute atomic E-state index is 10.9. The number of carbonyl (C=O) groups is 1. The highest BCUT2D eigenvalue weighted by Gasteiger charge is 2.10. The van der Waals surface area contributed by atoms with Gasteiger partial charge in [-0.15, -0.1) is 0 Å². The van der Waals surface area contributed by atoms with Crippen LogP contribution in [0.25, 0.3) is 11.0 Å². The van der Waals surface area contributed by atoms with E-state index in [0.29, 0.717) is 17.2 Å². The molecule has 0 unspecified atom stereocenters. The minimum absolute atomic E-state index is 0.596. The van der Waals surface area contributed by atoms with E-state index in [1.807, 2.05) is 0 Å². The number of imidazole rings is 1. The van der Waals surface area contributed by atoms with Gasteiger partial charge in [-0.25, -0.2) is 4.98 Å². The van der Waals surface area contributed by atoms with Gasteiger partial charge in [-0.1, -0.05) is 13.8 Å². The second kappa shape index (κ2) is 5.21. The van der Waals surface area contributed by atoms with Gasteiger partial charge in [-0.2, -0.15) is 0 Å². The van der Waals surface area contributed by atoms with Crippen LogP contribution in [0.15, 0.2) is 12.1 Å². The largest absolute Gasteiger partial charge is 0.494 e. The minimum Gasteiger partial charge on any atom is -0.494 e. The first-order chi connectivity index (χ1) is 8.63. The van der Waals surface area contributed by atoms with Gasteiger partial charge < -0.3 is 9.72 Å². The van der Waals surface area contributed by atoms with Gasteiger partial charge >= 0.3 is 0 Å². The molecule has 0 radical (unpaired) electrons. The van der Waals surface area contributed by atoms with Crippen molar-refractivity contribution in [1.29, 1.82) is 0 Å². The van der Waals surface area contributed by atoms with Crippen molar-refractivity contribution in [3.63, 3.8) is 0 Å². The quantitative estimate of drug-likeness (QED) is 0.825. The summed E-state index contributed by atoms with van der Waals surface area (Å²) in [7, 11) is 1.59. The molecule has 2 rings (SSSR count). The Hall–Kier alpha value is -1.84. The molecule has 0 bridgehead atoms. The molecule has 1 aromatic heterocycles. The summed E-state index contributed by atoms with van der Waals surface area (Å²) in [4.78, 5) is 18.6. The third-order valence-corrected chi connectivity index (χ3v) is 2.94. The first kappa shape index (κ1) is 12.6. The van der Waals surface area contributed by atoms with E-state index in [1.54, 1.807) is 19.2 Å². The van der Waals surface area contributed by atoms with E-state index in [4.69, 9.17) is 4.74 Å². The zero-order valence-electron chi connectivity index (χ0n) is 11.0. The van der Waals surface area contributed by atoms with Gasteiger partial charge in [-0.05, 0) is 24.5 Å². The summed E-state index contributed by atoms with van der Waals surface area (Å²) in [6.45, 7) is 4.38. The fourth-order valence-electron chi connectivity index (χ4n) is 1.93. The van der Waals surface area contributed by atoms with Crippen molar-refractivity contribution in [2.75, 3.05) is 7.11 Å². The minimum atomic E-state index is 0.596. The van der Waals surface area contributed by atoms with Crippen LogP contribution in [0.5, 0.6) is 5.75 Å². The van der Waals surface area contributed by atoms with Gasteiger partial charge in [0.2, 0.25) is 0 Å². The Balaban J connectivity index is 2.39. The lowest BCUT2D eigenvalue weighted by atomic mass is 10.1. The van der Waals surface area contributed by atoms with Crippen molar-refractivity contribution in [3.8, 4) is 5.75 Å². The first-order valence-electron chi connectivity index (χ1n) is 6.16. The number of carbonyl (C=O) groups excluding carboxylic acids is 1. The second-order valence-electron chi connectivity index (χ2n) is 4.85. The van der Waals surface area contributed by atoms with Gasteiger partial charge in [0.05, 0.1) is 12.6 Å². The Morgan fingerprint density at radius 2 is 2.22 bits per heavy atom. The van der Waals surface area contributed by atoms with E-state index in [-0.39, 0.29) is 0 Å². The molecule has 0 fully saturated rings. The third kappa shape index (κ3) is 2.53. The zero-order chi connectivity index (χ0) is 13.1. The molecule has 0 saturated carbocycles. The molecule has 2 aromatic rings. The lowest BCUT2D eigenvalue weighted by molar-refractivity contribution is 0.112. The lowest BCUT2D eigenvalue weighted by Gasteiger charge is -2.01. The number of benzene rings is 1. The maximum atomic E-state index is 10.9. The van der Waals surface area contributed by atoms with Crippen LogP contribution in [0.3, 0.4) is 0 Å². The number of nitrogens with zero attached hydrogens (tertiary/aromatic N) is 1. The number of rotatable bonds is 5. The Morgan fingerprint density at radius 3 is 2.83 bits per heavy atom. The SMILES string of the molecule is COc1cc(C=O)cc2[nH]c(CCC(C)C)nc12. The standard InChI is InChI=1S/C14H18N2O2/c1-9(2)4-5-13-15-11-6-10(8-17)7-12(18-3)14(11)16-13/h6-9H,4-5H2,1-3H3,(H,15,16). The van der Waals surface area contributed by atoms with Gasteiger partial charge in [-0.3, -0.25) is 4.79 Å². The Kier molecular flexibility index (Phi) is 3.65. The topological polar surface area (TPSA) is 55.0 Å². The van der Waals surface area contributed by atoms with Crippen LogP contribution in [0.1, 0.15) is 36.5 Å². The summed E-state index contributed by atoms with van der Waals surface area (Å²) in [5.41, 5.74) is 2.25. The maximum Gasteiger partial charge on any atom is 0.150 e. The average Bonchev–Trinajstić information content (AvgIpc) is 2.77. The molecule has 96 valence electrons. The zero-order valence-corrected chi connectivity index (χ0v) is 11.0. The summed E-state index contributed by atoms with van der Waals surface area (Å²) < 4.78 is 5.27.